The molecule has 1 saturated heterocycles. The summed E-state index contributed by atoms with van der Waals surface area (Å²) in [5.74, 6) is -0.174. The van der Waals surface area contributed by atoms with Crippen LogP contribution in [0, 0.1) is 13.8 Å². The zero-order chi connectivity index (χ0) is 18.5. The lowest BCUT2D eigenvalue weighted by atomic mass is 10.0. The van der Waals surface area contributed by atoms with E-state index in [-0.39, 0.29) is 12.0 Å². The van der Waals surface area contributed by atoms with Gasteiger partial charge in [0, 0.05) is 24.3 Å². The number of aromatic nitrogens is 2. The Hall–Kier alpha value is -2.18. The van der Waals surface area contributed by atoms with Crippen molar-refractivity contribution in [3.63, 3.8) is 0 Å². The maximum Gasteiger partial charge on any atom is 0.307 e. The van der Waals surface area contributed by atoms with Crippen LogP contribution >= 0.6 is 0 Å². The number of ether oxygens (including phenoxy) is 1. The molecule has 0 bridgehead atoms. The number of hydrogen-bond acceptors (Lipinski definition) is 5. The van der Waals surface area contributed by atoms with E-state index < -0.39 is 0 Å². The fraction of sp³-hybridized carbons (Fsp3) is 0.500. The van der Waals surface area contributed by atoms with Crippen molar-refractivity contribution < 1.29 is 9.53 Å². The van der Waals surface area contributed by atoms with Crippen LogP contribution in [0.25, 0.3) is 5.69 Å². The number of rotatable bonds is 7. The number of carbonyl (C=O) groups is 1. The topological polar surface area (TPSA) is 68.2 Å². The van der Waals surface area contributed by atoms with Gasteiger partial charge >= 0.3 is 5.97 Å². The number of benzene rings is 1. The minimum absolute atomic E-state index is 0.0733. The highest BCUT2D eigenvalue weighted by Gasteiger charge is 2.23. The Kier molecular flexibility index (Phi) is 6.06. The third-order valence-electron chi connectivity index (χ3n) is 4.70. The zero-order valence-corrected chi connectivity index (χ0v) is 15.8. The Bertz CT molecular complexity index is 750. The molecule has 1 aromatic carbocycles. The van der Waals surface area contributed by atoms with E-state index in [0.717, 1.165) is 42.1 Å². The molecule has 0 spiro atoms. The Morgan fingerprint density at radius 1 is 1.42 bits per heavy atom. The number of aryl methyl sites for hydroxylation is 2. The minimum Gasteiger partial charge on any atom is -0.466 e. The SMILES string of the molecule is CCOC(=O)C[C@H](NC1CCNC1)c1cccc(-n2nc(C)cc2C)c1. The summed E-state index contributed by atoms with van der Waals surface area (Å²) in [4.78, 5) is 12.1. The highest BCUT2D eigenvalue weighted by atomic mass is 16.5. The van der Waals surface area contributed by atoms with Crippen molar-refractivity contribution in [2.45, 2.75) is 45.7 Å². The van der Waals surface area contributed by atoms with Crippen molar-refractivity contribution in [2.24, 2.45) is 0 Å². The van der Waals surface area contributed by atoms with Crippen molar-refractivity contribution >= 4 is 5.97 Å². The van der Waals surface area contributed by atoms with E-state index in [9.17, 15) is 4.79 Å². The van der Waals surface area contributed by atoms with Gasteiger partial charge in [-0.25, -0.2) is 4.68 Å². The van der Waals surface area contributed by atoms with Gasteiger partial charge in [0.1, 0.15) is 0 Å². The predicted octanol–water partition coefficient (Wildman–Crippen LogP) is 2.43. The molecule has 6 nitrogen and oxygen atoms in total. The van der Waals surface area contributed by atoms with Gasteiger partial charge in [0.15, 0.2) is 0 Å². The summed E-state index contributed by atoms with van der Waals surface area (Å²) in [6.07, 6.45) is 1.39. The summed E-state index contributed by atoms with van der Waals surface area (Å²) >= 11 is 0. The second-order valence-corrected chi connectivity index (χ2v) is 6.85. The van der Waals surface area contributed by atoms with Gasteiger partial charge in [-0.2, -0.15) is 5.10 Å². The van der Waals surface area contributed by atoms with Crippen LogP contribution in [0.4, 0.5) is 0 Å². The van der Waals surface area contributed by atoms with Gasteiger partial charge in [0.05, 0.1) is 24.4 Å². The largest absolute Gasteiger partial charge is 0.466 e. The van der Waals surface area contributed by atoms with Crippen LogP contribution < -0.4 is 10.6 Å². The summed E-state index contributed by atoms with van der Waals surface area (Å²) in [5, 5.41) is 11.6. The molecule has 0 aliphatic carbocycles. The molecule has 26 heavy (non-hydrogen) atoms. The molecule has 1 unspecified atom stereocenters. The van der Waals surface area contributed by atoms with Gasteiger partial charge < -0.3 is 15.4 Å². The lowest BCUT2D eigenvalue weighted by molar-refractivity contribution is -0.143. The maximum atomic E-state index is 12.1. The summed E-state index contributed by atoms with van der Waals surface area (Å²) in [6.45, 7) is 8.22. The summed E-state index contributed by atoms with van der Waals surface area (Å²) in [5.41, 5.74) is 4.17. The number of hydrogen-bond donors (Lipinski definition) is 2. The third kappa shape index (κ3) is 4.51. The standard InChI is InChI=1S/C20H28N4O2/c1-4-26-20(25)12-19(22-17-8-9-21-13-17)16-6-5-7-18(11-16)24-15(3)10-14(2)23-24/h5-7,10-11,17,19,21-22H,4,8-9,12-13H2,1-3H3/t17?,19-/m0/s1. The van der Waals surface area contributed by atoms with Crippen LogP contribution in [0.2, 0.25) is 0 Å². The molecule has 2 aromatic rings. The van der Waals surface area contributed by atoms with Gasteiger partial charge in [-0.05, 0) is 57.5 Å². The van der Waals surface area contributed by atoms with Gasteiger partial charge in [-0.1, -0.05) is 12.1 Å². The summed E-state index contributed by atoms with van der Waals surface area (Å²) in [7, 11) is 0. The maximum absolute atomic E-state index is 12.1. The van der Waals surface area contributed by atoms with E-state index in [1.165, 1.54) is 0 Å². The minimum atomic E-state index is -0.174. The summed E-state index contributed by atoms with van der Waals surface area (Å²) < 4.78 is 7.13. The highest BCUT2D eigenvalue weighted by Crippen LogP contribution is 2.23. The average molecular weight is 356 g/mol. The summed E-state index contributed by atoms with van der Waals surface area (Å²) in [6, 6.07) is 10.6. The molecule has 1 aliphatic rings. The van der Waals surface area contributed by atoms with E-state index in [2.05, 4.69) is 33.9 Å². The van der Waals surface area contributed by atoms with Crippen LogP contribution in [0.15, 0.2) is 30.3 Å². The second kappa shape index (κ2) is 8.47. The fourth-order valence-electron chi connectivity index (χ4n) is 3.50. The van der Waals surface area contributed by atoms with E-state index in [1.807, 2.05) is 37.6 Å². The van der Waals surface area contributed by atoms with Gasteiger partial charge in [0.2, 0.25) is 0 Å². The molecule has 1 aromatic heterocycles. The van der Waals surface area contributed by atoms with Crippen molar-refractivity contribution in [3.8, 4) is 5.69 Å². The van der Waals surface area contributed by atoms with E-state index in [0.29, 0.717) is 19.1 Å². The molecule has 2 atom stereocenters. The lowest BCUT2D eigenvalue weighted by Crippen LogP contribution is -2.35. The zero-order valence-electron chi connectivity index (χ0n) is 15.8. The van der Waals surface area contributed by atoms with Crippen LogP contribution in [0.3, 0.4) is 0 Å². The molecule has 1 aliphatic heterocycles. The third-order valence-corrected chi connectivity index (χ3v) is 4.70. The van der Waals surface area contributed by atoms with Crippen LogP contribution in [0.5, 0.6) is 0 Å². The van der Waals surface area contributed by atoms with Crippen molar-refractivity contribution in [1.29, 1.82) is 0 Å². The van der Waals surface area contributed by atoms with E-state index >= 15 is 0 Å². The first kappa shape index (κ1) is 18.6. The first-order valence-corrected chi connectivity index (χ1v) is 9.32. The second-order valence-electron chi connectivity index (χ2n) is 6.85. The number of nitrogens with zero attached hydrogens (tertiary/aromatic N) is 2. The first-order chi connectivity index (χ1) is 12.6. The molecule has 0 saturated carbocycles. The predicted molar refractivity (Wildman–Crippen MR) is 101 cm³/mol. The monoisotopic (exact) mass is 356 g/mol. The van der Waals surface area contributed by atoms with Gasteiger partial charge in [-0.3, -0.25) is 4.79 Å². The van der Waals surface area contributed by atoms with Crippen LogP contribution in [-0.2, 0) is 9.53 Å². The van der Waals surface area contributed by atoms with E-state index in [1.54, 1.807) is 0 Å². The normalized spacial score (nSPS) is 18.0. The first-order valence-electron chi connectivity index (χ1n) is 9.32. The van der Waals surface area contributed by atoms with E-state index in [4.69, 9.17) is 4.74 Å². The molecule has 140 valence electrons. The molecule has 3 rings (SSSR count). The number of carbonyl (C=O) groups excluding carboxylic acids is 1. The Morgan fingerprint density at radius 2 is 2.27 bits per heavy atom. The molecule has 0 radical (unpaired) electrons. The molecular formula is C20H28N4O2. The van der Waals surface area contributed by atoms with Crippen LogP contribution in [-0.4, -0.2) is 41.5 Å². The average Bonchev–Trinajstić information content (AvgIpc) is 3.24. The fourth-order valence-corrected chi connectivity index (χ4v) is 3.50. The van der Waals surface area contributed by atoms with Crippen molar-refractivity contribution in [2.75, 3.05) is 19.7 Å². The molecule has 6 heteroatoms. The van der Waals surface area contributed by atoms with Crippen LogP contribution in [0.1, 0.15) is 42.8 Å². The van der Waals surface area contributed by atoms with Crippen molar-refractivity contribution in [1.82, 2.24) is 20.4 Å². The molecule has 1 fully saturated rings. The Balaban J connectivity index is 1.85. The number of nitrogens with one attached hydrogen (secondary N) is 2. The smallest absolute Gasteiger partial charge is 0.307 e. The van der Waals surface area contributed by atoms with Gasteiger partial charge in [-0.15, -0.1) is 0 Å². The number of esters is 1. The van der Waals surface area contributed by atoms with Crippen molar-refractivity contribution in [3.05, 3.63) is 47.3 Å². The Labute approximate surface area is 154 Å². The Morgan fingerprint density at radius 3 is 2.92 bits per heavy atom. The lowest BCUT2D eigenvalue weighted by Gasteiger charge is -2.23. The molecule has 2 heterocycles. The highest BCUT2D eigenvalue weighted by molar-refractivity contribution is 5.70. The van der Waals surface area contributed by atoms with Gasteiger partial charge in [0.25, 0.3) is 0 Å². The quantitative estimate of drug-likeness (QED) is 0.746. The molecular weight excluding hydrogens is 328 g/mol. The molecule has 0 amide bonds. The molecule has 2 N–H and O–H groups in total.